The maximum atomic E-state index is 13.0. The predicted octanol–water partition coefficient (Wildman–Crippen LogP) is 3.92. The Morgan fingerprint density at radius 2 is 1.97 bits per heavy atom. The van der Waals surface area contributed by atoms with Crippen LogP contribution < -0.4 is 10.2 Å². The molecule has 1 fully saturated rings. The molecule has 0 radical (unpaired) electrons. The number of thioether (sulfide) groups is 1. The van der Waals surface area contributed by atoms with Gasteiger partial charge >= 0.3 is 6.09 Å². The quantitative estimate of drug-likeness (QED) is 0.394. The van der Waals surface area contributed by atoms with Crippen molar-refractivity contribution in [3.05, 3.63) is 82.7 Å². The molecule has 0 saturated carbocycles. The summed E-state index contributed by atoms with van der Waals surface area (Å²) >= 11 is 1.46. The minimum atomic E-state index is -0.348. The van der Waals surface area contributed by atoms with E-state index in [4.69, 9.17) is 4.74 Å². The molecular formula is C25H24N6O3S. The molecule has 0 atom stereocenters. The summed E-state index contributed by atoms with van der Waals surface area (Å²) in [5, 5.41) is 8.13. The lowest BCUT2D eigenvalue weighted by molar-refractivity contribution is 0.0950. The van der Waals surface area contributed by atoms with Gasteiger partial charge in [0.2, 0.25) is 5.16 Å². The number of ether oxygens (including phenoxy) is 1. The van der Waals surface area contributed by atoms with E-state index in [2.05, 4.69) is 20.4 Å². The van der Waals surface area contributed by atoms with Crippen molar-refractivity contribution in [3.63, 3.8) is 0 Å². The van der Waals surface area contributed by atoms with Crippen LogP contribution in [-0.4, -0.2) is 44.7 Å². The van der Waals surface area contributed by atoms with Gasteiger partial charge in [0.15, 0.2) is 0 Å². The molecule has 2 amide bonds. The minimum Gasteiger partial charge on any atom is -0.447 e. The monoisotopic (exact) mass is 488 g/mol. The summed E-state index contributed by atoms with van der Waals surface area (Å²) in [6.07, 6.45) is -0.348. The molecule has 2 aromatic carbocycles. The van der Waals surface area contributed by atoms with Gasteiger partial charge in [-0.1, -0.05) is 42.1 Å². The van der Waals surface area contributed by atoms with Crippen LogP contribution in [0, 0.1) is 13.8 Å². The summed E-state index contributed by atoms with van der Waals surface area (Å²) < 4.78 is 6.74. The van der Waals surface area contributed by atoms with Gasteiger partial charge in [-0.2, -0.15) is 4.98 Å². The van der Waals surface area contributed by atoms with E-state index in [9.17, 15) is 9.59 Å². The number of amides is 2. The second-order valence-corrected chi connectivity index (χ2v) is 9.15. The number of hydrogen-bond acceptors (Lipinski definition) is 7. The van der Waals surface area contributed by atoms with Crippen LogP contribution in [0.15, 0.2) is 59.8 Å². The molecule has 4 aromatic rings. The van der Waals surface area contributed by atoms with E-state index in [0.29, 0.717) is 41.9 Å². The van der Waals surface area contributed by atoms with Gasteiger partial charge in [0.05, 0.1) is 6.54 Å². The van der Waals surface area contributed by atoms with Crippen molar-refractivity contribution in [2.75, 3.05) is 18.1 Å². The largest absolute Gasteiger partial charge is 0.447 e. The number of aromatic nitrogens is 4. The Hall–Kier alpha value is -3.92. The van der Waals surface area contributed by atoms with E-state index in [1.807, 2.05) is 68.4 Å². The van der Waals surface area contributed by atoms with Crippen LogP contribution in [0.5, 0.6) is 0 Å². The number of carbonyl (C=O) groups excluding carboxylic acids is 2. The zero-order valence-corrected chi connectivity index (χ0v) is 20.2. The van der Waals surface area contributed by atoms with E-state index in [1.54, 1.807) is 9.42 Å². The molecule has 0 unspecified atom stereocenters. The highest BCUT2D eigenvalue weighted by Gasteiger charge is 2.23. The van der Waals surface area contributed by atoms with Crippen molar-refractivity contribution in [2.24, 2.45) is 0 Å². The molecule has 1 N–H and O–H groups in total. The number of benzene rings is 2. The summed E-state index contributed by atoms with van der Waals surface area (Å²) in [7, 11) is 0. The van der Waals surface area contributed by atoms with Gasteiger partial charge < -0.3 is 10.1 Å². The molecule has 1 aliphatic heterocycles. The van der Waals surface area contributed by atoms with Crippen LogP contribution in [0.4, 0.5) is 10.5 Å². The lowest BCUT2D eigenvalue weighted by Gasteiger charge is -2.14. The first kappa shape index (κ1) is 22.9. The van der Waals surface area contributed by atoms with Crippen LogP contribution in [0.25, 0.3) is 5.78 Å². The van der Waals surface area contributed by atoms with Crippen molar-refractivity contribution < 1.29 is 14.3 Å². The second-order valence-electron chi connectivity index (χ2n) is 8.21. The van der Waals surface area contributed by atoms with Crippen LogP contribution in [0.3, 0.4) is 0 Å². The third kappa shape index (κ3) is 4.97. The molecule has 3 heterocycles. The fourth-order valence-electron chi connectivity index (χ4n) is 3.96. The first-order chi connectivity index (χ1) is 17.0. The van der Waals surface area contributed by atoms with Gasteiger partial charge in [-0.3, -0.25) is 9.69 Å². The Bertz CT molecular complexity index is 1420. The van der Waals surface area contributed by atoms with Gasteiger partial charge in [0.1, 0.15) is 6.61 Å². The van der Waals surface area contributed by atoms with E-state index >= 15 is 0 Å². The average molecular weight is 489 g/mol. The maximum Gasteiger partial charge on any atom is 0.414 e. The summed E-state index contributed by atoms with van der Waals surface area (Å²) in [5.74, 6) is 0.953. The number of aryl methyl sites for hydroxylation is 2. The number of cyclic esters (lactones) is 1. The molecule has 1 aliphatic rings. The summed E-state index contributed by atoms with van der Waals surface area (Å²) in [6, 6.07) is 17.0. The van der Waals surface area contributed by atoms with Crippen molar-refractivity contribution in [3.8, 4) is 0 Å². The topological polar surface area (TPSA) is 102 Å². The van der Waals surface area contributed by atoms with E-state index < -0.39 is 0 Å². The van der Waals surface area contributed by atoms with Crippen LogP contribution in [-0.2, 0) is 17.0 Å². The molecule has 35 heavy (non-hydrogen) atoms. The van der Waals surface area contributed by atoms with Gasteiger partial charge in [-0.25, -0.2) is 14.3 Å². The molecular weight excluding hydrogens is 464 g/mol. The van der Waals surface area contributed by atoms with Crippen molar-refractivity contribution in [1.29, 1.82) is 0 Å². The molecule has 178 valence electrons. The average Bonchev–Trinajstić information content (AvgIpc) is 3.47. The SMILES string of the molecule is Cc1cc(C)n2nc(SCc3ccccc3C(=O)NCc3cccc(N4CCOC4=O)c3)nc2n1. The summed E-state index contributed by atoms with van der Waals surface area (Å²) in [5.41, 5.74) is 5.02. The standard InChI is InChI=1S/C25H24N6O3S/c1-16-12-17(2)31-23(27-16)28-24(29-31)35-15-19-7-3-4-9-21(19)22(32)26-14-18-6-5-8-20(13-18)30-10-11-34-25(30)33/h3-9,12-13H,10-11,14-15H2,1-2H3,(H,26,32). The van der Waals surface area contributed by atoms with E-state index in [-0.39, 0.29) is 12.0 Å². The molecule has 0 bridgehead atoms. The number of rotatable bonds is 7. The van der Waals surface area contributed by atoms with Gasteiger partial charge in [0, 0.05) is 34.9 Å². The fourth-order valence-corrected chi connectivity index (χ4v) is 4.78. The molecule has 9 nitrogen and oxygen atoms in total. The number of nitrogens with zero attached hydrogens (tertiary/aromatic N) is 5. The van der Waals surface area contributed by atoms with E-state index in [0.717, 1.165) is 28.2 Å². The number of nitrogens with one attached hydrogen (secondary N) is 1. The predicted molar refractivity (Wildman–Crippen MR) is 133 cm³/mol. The van der Waals surface area contributed by atoms with Crippen LogP contribution in [0.2, 0.25) is 0 Å². The van der Waals surface area contributed by atoms with Gasteiger partial charge in [-0.05, 0) is 49.2 Å². The molecule has 5 rings (SSSR count). The number of hydrogen-bond donors (Lipinski definition) is 1. The third-order valence-corrected chi connectivity index (χ3v) is 6.54. The Labute approximate surface area is 206 Å². The normalized spacial score (nSPS) is 13.3. The molecule has 0 spiro atoms. The lowest BCUT2D eigenvalue weighted by Crippen LogP contribution is -2.25. The Morgan fingerprint density at radius 1 is 1.11 bits per heavy atom. The Balaban J connectivity index is 1.25. The van der Waals surface area contributed by atoms with Crippen molar-refractivity contribution >= 4 is 35.2 Å². The Morgan fingerprint density at radius 3 is 2.80 bits per heavy atom. The van der Waals surface area contributed by atoms with Crippen LogP contribution in [0.1, 0.15) is 32.9 Å². The smallest absolute Gasteiger partial charge is 0.414 e. The fraction of sp³-hybridized carbons (Fsp3) is 0.240. The van der Waals surface area contributed by atoms with Crippen molar-refractivity contribution in [1.82, 2.24) is 24.9 Å². The second kappa shape index (κ2) is 9.75. The Kier molecular flexibility index (Phi) is 6.37. The third-order valence-electron chi connectivity index (χ3n) is 5.65. The first-order valence-electron chi connectivity index (χ1n) is 11.2. The highest BCUT2D eigenvalue weighted by atomic mass is 32.2. The van der Waals surface area contributed by atoms with Crippen LogP contribution >= 0.6 is 11.8 Å². The van der Waals surface area contributed by atoms with Crippen molar-refractivity contribution in [2.45, 2.75) is 31.3 Å². The zero-order chi connectivity index (χ0) is 24.4. The molecule has 10 heteroatoms. The van der Waals surface area contributed by atoms with Gasteiger partial charge in [0.25, 0.3) is 11.7 Å². The zero-order valence-electron chi connectivity index (χ0n) is 19.4. The lowest BCUT2D eigenvalue weighted by atomic mass is 10.1. The molecule has 0 aliphatic carbocycles. The molecule has 1 saturated heterocycles. The van der Waals surface area contributed by atoms with Gasteiger partial charge in [-0.15, -0.1) is 5.10 Å². The number of fused-ring (bicyclic) bond motifs is 1. The number of anilines is 1. The molecule has 2 aromatic heterocycles. The summed E-state index contributed by atoms with van der Waals surface area (Å²) in [4.78, 5) is 35.4. The maximum absolute atomic E-state index is 13.0. The minimum absolute atomic E-state index is 0.164. The highest BCUT2D eigenvalue weighted by Crippen LogP contribution is 2.23. The summed E-state index contributed by atoms with van der Waals surface area (Å²) in [6.45, 7) is 5.15. The number of carbonyl (C=O) groups is 2. The highest BCUT2D eigenvalue weighted by molar-refractivity contribution is 7.98. The van der Waals surface area contributed by atoms with E-state index in [1.165, 1.54) is 11.8 Å². The first-order valence-corrected chi connectivity index (χ1v) is 12.2.